The second kappa shape index (κ2) is 5.71. The highest BCUT2D eigenvalue weighted by Crippen LogP contribution is 2.28. The smallest absolute Gasteiger partial charge is 0.249 e. The van der Waals surface area contributed by atoms with E-state index in [0.717, 1.165) is 10.2 Å². The molecule has 19 heavy (non-hydrogen) atoms. The summed E-state index contributed by atoms with van der Waals surface area (Å²) < 4.78 is 0.848. The van der Waals surface area contributed by atoms with Crippen LogP contribution in [-0.2, 0) is 16.2 Å². The minimum atomic E-state index is -0.385. The van der Waals surface area contributed by atoms with Crippen LogP contribution in [0.3, 0.4) is 0 Å². The lowest BCUT2D eigenvalue weighted by atomic mass is 10.1. The third kappa shape index (κ3) is 2.79. The van der Waals surface area contributed by atoms with Gasteiger partial charge in [0, 0.05) is 15.7 Å². The van der Waals surface area contributed by atoms with Crippen LogP contribution >= 0.6 is 15.9 Å². The Morgan fingerprint density at radius 2 is 2.21 bits per heavy atom. The standard InChI is InChI=1S/C13H15BrN2O3/c1-2-10-13(19)15-12(18)6-16(10)11-4-3-9(14)5-8(11)7-17/h3-5,10,17H,2,6-7H2,1H3,(H,15,18,19). The summed E-state index contributed by atoms with van der Waals surface area (Å²) in [7, 11) is 0. The molecular formula is C13H15BrN2O3. The van der Waals surface area contributed by atoms with Crippen molar-refractivity contribution >= 4 is 33.4 Å². The van der Waals surface area contributed by atoms with Crippen LogP contribution in [0.5, 0.6) is 0 Å². The van der Waals surface area contributed by atoms with Crippen LogP contribution in [0.4, 0.5) is 5.69 Å². The highest BCUT2D eigenvalue weighted by Gasteiger charge is 2.33. The maximum atomic E-state index is 11.8. The fourth-order valence-electron chi connectivity index (χ4n) is 2.29. The fourth-order valence-corrected chi connectivity index (χ4v) is 2.69. The first-order valence-electron chi connectivity index (χ1n) is 6.06. The molecule has 1 saturated heterocycles. The number of hydrogen-bond donors (Lipinski definition) is 2. The monoisotopic (exact) mass is 326 g/mol. The minimum absolute atomic E-state index is 0.124. The Hall–Kier alpha value is -1.40. The molecule has 1 aromatic carbocycles. The van der Waals surface area contributed by atoms with Crippen LogP contribution in [0.1, 0.15) is 18.9 Å². The molecule has 0 saturated carbocycles. The lowest BCUT2D eigenvalue weighted by Gasteiger charge is -2.36. The average molecular weight is 327 g/mol. The molecule has 2 rings (SSSR count). The summed E-state index contributed by atoms with van der Waals surface area (Å²) in [5.41, 5.74) is 1.41. The van der Waals surface area contributed by atoms with Crippen molar-refractivity contribution < 1.29 is 14.7 Å². The van der Waals surface area contributed by atoms with Crippen LogP contribution in [0.15, 0.2) is 22.7 Å². The first-order chi connectivity index (χ1) is 9.06. The van der Waals surface area contributed by atoms with Crippen LogP contribution in [-0.4, -0.2) is 29.5 Å². The maximum absolute atomic E-state index is 11.8. The Bertz CT molecular complexity index is 519. The number of anilines is 1. The van der Waals surface area contributed by atoms with Crippen molar-refractivity contribution in [1.29, 1.82) is 0 Å². The van der Waals surface area contributed by atoms with E-state index < -0.39 is 0 Å². The average Bonchev–Trinajstić information content (AvgIpc) is 2.37. The van der Waals surface area contributed by atoms with Gasteiger partial charge in [0.15, 0.2) is 0 Å². The summed E-state index contributed by atoms with van der Waals surface area (Å²) in [6, 6.07) is 5.05. The molecule has 6 heteroatoms. The third-order valence-corrected chi connectivity index (χ3v) is 3.66. The molecule has 1 aliphatic rings. The highest BCUT2D eigenvalue weighted by atomic mass is 79.9. The van der Waals surface area contributed by atoms with Gasteiger partial charge in [0.1, 0.15) is 6.04 Å². The Labute approximate surface area is 119 Å². The molecule has 0 bridgehead atoms. The second-order valence-corrected chi connectivity index (χ2v) is 5.31. The Morgan fingerprint density at radius 1 is 1.47 bits per heavy atom. The molecule has 0 aromatic heterocycles. The van der Waals surface area contributed by atoms with Crippen LogP contribution in [0.2, 0.25) is 0 Å². The number of piperazine rings is 1. The lowest BCUT2D eigenvalue weighted by molar-refractivity contribution is -0.132. The molecule has 102 valence electrons. The number of hydrogen-bond acceptors (Lipinski definition) is 4. The predicted octanol–water partition coefficient (Wildman–Crippen LogP) is 1.18. The van der Waals surface area contributed by atoms with E-state index in [0.29, 0.717) is 12.0 Å². The quantitative estimate of drug-likeness (QED) is 0.818. The van der Waals surface area contributed by atoms with E-state index in [1.807, 2.05) is 19.1 Å². The van der Waals surface area contributed by atoms with Gasteiger partial charge in [0.05, 0.1) is 13.2 Å². The number of halogens is 1. The molecule has 1 unspecified atom stereocenters. The minimum Gasteiger partial charge on any atom is -0.392 e. The van der Waals surface area contributed by atoms with E-state index in [1.54, 1.807) is 11.0 Å². The van der Waals surface area contributed by atoms with Crippen LogP contribution in [0.25, 0.3) is 0 Å². The number of imide groups is 1. The number of rotatable bonds is 3. The normalized spacial score (nSPS) is 19.5. The van der Waals surface area contributed by atoms with Gasteiger partial charge in [-0.05, 0) is 24.6 Å². The third-order valence-electron chi connectivity index (χ3n) is 3.16. The molecule has 2 amide bonds. The van der Waals surface area contributed by atoms with Gasteiger partial charge in [-0.3, -0.25) is 14.9 Å². The zero-order valence-corrected chi connectivity index (χ0v) is 12.1. The van der Waals surface area contributed by atoms with Crippen LogP contribution in [0, 0.1) is 0 Å². The Kier molecular flexibility index (Phi) is 4.21. The van der Waals surface area contributed by atoms with E-state index in [4.69, 9.17) is 0 Å². The summed E-state index contributed by atoms with van der Waals surface area (Å²) in [5.74, 6) is -0.605. The van der Waals surface area contributed by atoms with Gasteiger partial charge in [0.25, 0.3) is 0 Å². The van der Waals surface area contributed by atoms with Crippen molar-refractivity contribution in [3.63, 3.8) is 0 Å². The molecule has 0 aliphatic carbocycles. The molecule has 1 fully saturated rings. The van der Waals surface area contributed by atoms with Gasteiger partial charge in [-0.15, -0.1) is 0 Å². The van der Waals surface area contributed by atoms with Crippen molar-refractivity contribution in [3.05, 3.63) is 28.2 Å². The summed E-state index contributed by atoms with van der Waals surface area (Å²) in [5, 5.41) is 11.8. The largest absolute Gasteiger partial charge is 0.392 e. The lowest BCUT2D eigenvalue weighted by Crippen LogP contribution is -2.58. The van der Waals surface area contributed by atoms with E-state index in [2.05, 4.69) is 21.2 Å². The molecule has 5 nitrogen and oxygen atoms in total. The van der Waals surface area contributed by atoms with E-state index in [9.17, 15) is 14.7 Å². The van der Waals surface area contributed by atoms with E-state index in [-0.39, 0.29) is 31.0 Å². The van der Waals surface area contributed by atoms with Gasteiger partial charge < -0.3 is 10.0 Å². The summed E-state index contributed by atoms with van der Waals surface area (Å²) in [4.78, 5) is 25.1. The van der Waals surface area contributed by atoms with Crippen molar-refractivity contribution in [1.82, 2.24) is 5.32 Å². The Balaban J connectivity index is 2.42. The molecule has 1 atom stereocenters. The number of nitrogens with one attached hydrogen (secondary N) is 1. The summed E-state index contributed by atoms with van der Waals surface area (Å²) >= 11 is 3.34. The van der Waals surface area contributed by atoms with Gasteiger partial charge in [0.2, 0.25) is 11.8 Å². The number of carbonyl (C=O) groups excluding carboxylic acids is 2. The molecule has 1 aliphatic heterocycles. The molecular weight excluding hydrogens is 312 g/mol. The number of benzene rings is 1. The molecule has 1 heterocycles. The molecule has 0 radical (unpaired) electrons. The predicted molar refractivity (Wildman–Crippen MR) is 74.6 cm³/mol. The second-order valence-electron chi connectivity index (χ2n) is 4.40. The van der Waals surface area contributed by atoms with Gasteiger partial charge in [-0.2, -0.15) is 0 Å². The first-order valence-corrected chi connectivity index (χ1v) is 6.85. The zero-order valence-electron chi connectivity index (χ0n) is 10.5. The van der Waals surface area contributed by atoms with Crippen molar-refractivity contribution in [2.24, 2.45) is 0 Å². The summed E-state index contributed by atoms with van der Waals surface area (Å²) in [6.07, 6.45) is 0.597. The van der Waals surface area contributed by atoms with Crippen molar-refractivity contribution in [2.75, 3.05) is 11.4 Å². The van der Waals surface area contributed by atoms with Crippen molar-refractivity contribution in [2.45, 2.75) is 26.0 Å². The SMILES string of the molecule is CCC1C(=O)NC(=O)CN1c1ccc(Br)cc1CO. The zero-order chi connectivity index (χ0) is 14.0. The molecule has 1 aromatic rings. The number of aliphatic hydroxyl groups is 1. The fraction of sp³-hybridized carbons (Fsp3) is 0.385. The Morgan fingerprint density at radius 3 is 2.84 bits per heavy atom. The highest BCUT2D eigenvalue weighted by molar-refractivity contribution is 9.10. The topological polar surface area (TPSA) is 69.6 Å². The van der Waals surface area contributed by atoms with Crippen LogP contribution < -0.4 is 10.2 Å². The van der Waals surface area contributed by atoms with E-state index in [1.165, 1.54) is 0 Å². The summed E-state index contributed by atoms with van der Waals surface area (Å²) in [6.45, 7) is 1.88. The number of nitrogens with zero attached hydrogens (tertiary/aromatic N) is 1. The van der Waals surface area contributed by atoms with Crippen molar-refractivity contribution in [3.8, 4) is 0 Å². The number of carbonyl (C=O) groups is 2. The number of aliphatic hydroxyl groups excluding tert-OH is 1. The van der Waals surface area contributed by atoms with E-state index >= 15 is 0 Å². The number of amides is 2. The van der Waals surface area contributed by atoms with Gasteiger partial charge in [-0.25, -0.2) is 0 Å². The molecule has 0 spiro atoms. The maximum Gasteiger partial charge on any atom is 0.249 e. The van der Waals surface area contributed by atoms with Gasteiger partial charge >= 0.3 is 0 Å². The first kappa shape index (κ1) is 14.0. The molecule has 2 N–H and O–H groups in total. The van der Waals surface area contributed by atoms with Gasteiger partial charge in [-0.1, -0.05) is 22.9 Å².